The van der Waals surface area contributed by atoms with Crippen LogP contribution in [0.2, 0.25) is 0 Å². The maximum atomic E-state index is 13.3. The summed E-state index contributed by atoms with van der Waals surface area (Å²) in [5.41, 5.74) is 11.4. The lowest BCUT2D eigenvalue weighted by Gasteiger charge is -2.49. The van der Waals surface area contributed by atoms with E-state index in [2.05, 4.69) is 35.5 Å². The van der Waals surface area contributed by atoms with Gasteiger partial charge in [-0.05, 0) is 16.8 Å². The fraction of sp³-hybridized carbons (Fsp3) is 0.450. The number of rotatable bonds is 14. The van der Waals surface area contributed by atoms with Gasteiger partial charge in [0.25, 0.3) is 11.8 Å². The van der Waals surface area contributed by atoms with Crippen LogP contribution < -0.4 is 22.1 Å². The number of anilines is 1. The Labute approximate surface area is 257 Å². The van der Waals surface area contributed by atoms with Crippen molar-refractivity contribution in [2.24, 2.45) is 5.73 Å². The summed E-state index contributed by atoms with van der Waals surface area (Å²) in [5.74, 6) is -5.05. The third-order valence-corrected chi connectivity index (χ3v) is 8.86. The van der Waals surface area contributed by atoms with Gasteiger partial charge < -0.3 is 42.2 Å². The van der Waals surface area contributed by atoms with Gasteiger partial charge in [-0.3, -0.25) is 28.9 Å². The first-order valence-corrected chi connectivity index (χ1v) is 15.0. The largest absolute Gasteiger partial charge is 0.512 e. The van der Waals surface area contributed by atoms with E-state index in [9.17, 15) is 33.9 Å². The summed E-state index contributed by atoms with van der Waals surface area (Å²) >= 11 is 2.94. The molecule has 236 valence electrons. The Bertz CT molecular complexity index is 1510. The second-order valence-electron chi connectivity index (χ2n) is 8.95. The summed E-state index contributed by atoms with van der Waals surface area (Å²) in [7, 11) is 0. The highest BCUT2D eigenvalue weighted by molar-refractivity contribution is 8.01. The first-order valence-electron chi connectivity index (χ1n) is 12.2. The summed E-state index contributed by atoms with van der Waals surface area (Å²) in [5, 5.41) is 42.3. The topological polar surface area (TPSA) is 321 Å². The maximum Gasteiger partial charge on any atom is 0.512 e. The van der Waals surface area contributed by atoms with Gasteiger partial charge in [-0.2, -0.15) is 4.37 Å². The van der Waals surface area contributed by atoms with Crippen LogP contribution in [-0.2, 0) is 35.3 Å². The number of carbonyl (C=O) groups is 6. The molecule has 2 aliphatic rings. The Morgan fingerprint density at radius 3 is 2.59 bits per heavy atom. The first-order chi connectivity index (χ1) is 20.8. The normalized spacial score (nSPS) is 18.9. The average molecular weight is 674 g/mol. The van der Waals surface area contributed by atoms with Gasteiger partial charge in [-0.25, -0.2) is 14.5 Å². The number of carboxylic acids is 2. The second-order valence-corrected chi connectivity index (χ2v) is 11.8. The van der Waals surface area contributed by atoms with Crippen molar-refractivity contribution in [3.8, 4) is 0 Å². The summed E-state index contributed by atoms with van der Waals surface area (Å²) < 4.78 is 9.91. The lowest BCUT2D eigenvalue weighted by atomic mass is 10.1. The van der Waals surface area contributed by atoms with Gasteiger partial charge in [-0.1, -0.05) is 11.8 Å². The molecule has 2 aromatic rings. The Balaban J connectivity index is 1.46. The van der Waals surface area contributed by atoms with E-state index in [1.807, 2.05) is 0 Å². The fourth-order valence-electron chi connectivity index (χ4n) is 3.88. The summed E-state index contributed by atoms with van der Waals surface area (Å²) in [4.78, 5) is 77.4. The van der Waals surface area contributed by atoms with E-state index in [-0.39, 0.29) is 46.3 Å². The molecule has 24 heteroatoms. The van der Waals surface area contributed by atoms with Gasteiger partial charge in [0.05, 0.1) is 0 Å². The van der Waals surface area contributed by atoms with Crippen molar-refractivity contribution < 1.29 is 48.8 Å². The van der Waals surface area contributed by atoms with Gasteiger partial charge in [-0.15, -0.1) is 16.9 Å². The zero-order valence-corrected chi connectivity index (χ0v) is 24.5. The van der Waals surface area contributed by atoms with Crippen molar-refractivity contribution >= 4 is 76.0 Å². The van der Waals surface area contributed by atoms with Crippen LogP contribution in [0.5, 0.6) is 0 Å². The molecule has 0 unspecified atom stereocenters. The minimum atomic E-state index is -1.69. The van der Waals surface area contributed by atoms with Crippen molar-refractivity contribution in [1.29, 1.82) is 0 Å². The van der Waals surface area contributed by atoms with Gasteiger partial charge >= 0.3 is 18.1 Å². The number of β-lactam (4-membered cyclic amide) rings is 1. The van der Waals surface area contributed by atoms with Crippen molar-refractivity contribution in [3.63, 3.8) is 0 Å². The van der Waals surface area contributed by atoms with E-state index >= 15 is 0 Å². The van der Waals surface area contributed by atoms with Gasteiger partial charge in [0, 0.05) is 35.0 Å². The molecule has 0 radical (unpaired) electrons. The van der Waals surface area contributed by atoms with E-state index in [1.54, 1.807) is 0 Å². The molecule has 0 aromatic carbocycles. The highest BCUT2D eigenvalue weighted by atomic mass is 32.2. The van der Waals surface area contributed by atoms with Gasteiger partial charge in [0.1, 0.15) is 24.0 Å². The molecular formula is C20H23N11O10S3. The number of carbonyl (C=O) groups excluding carboxylic acids is 3. The number of aromatic nitrogens is 6. The Hall–Kier alpha value is -4.55. The van der Waals surface area contributed by atoms with Crippen LogP contribution in [0, 0.1) is 0 Å². The number of carboxylic acid groups (broad SMARTS) is 3. The molecule has 1 saturated heterocycles. The number of nitrogens with two attached hydrogens (primary N) is 2. The van der Waals surface area contributed by atoms with E-state index < -0.39 is 65.9 Å². The van der Waals surface area contributed by atoms with E-state index in [4.69, 9.17) is 26.4 Å². The highest BCUT2D eigenvalue weighted by Crippen LogP contribution is 2.42. The Morgan fingerprint density at radius 2 is 1.95 bits per heavy atom. The molecule has 3 amide bonds. The number of ether oxygens (including phenoxy) is 1. The van der Waals surface area contributed by atoms with Crippen LogP contribution >= 0.6 is 35.1 Å². The number of amides is 3. The van der Waals surface area contributed by atoms with Crippen LogP contribution in [0.4, 0.5) is 9.93 Å². The fourth-order valence-corrected chi connectivity index (χ4v) is 6.67. The summed E-state index contributed by atoms with van der Waals surface area (Å²) in [6.45, 7) is -0.504. The molecule has 4 heterocycles. The molecular weight excluding hydrogens is 650 g/mol. The molecule has 1 fully saturated rings. The Kier molecular flexibility index (Phi) is 10.2. The minimum Gasteiger partial charge on any atom is -0.480 e. The molecule has 9 N–H and O–H groups in total. The third kappa shape index (κ3) is 7.50. The van der Waals surface area contributed by atoms with Crippen molar-refractivity contribution in [3.05, 3.63) is 17.3 Å². The SMILES string of the molecule is Nc1nc([C@H](NC(=O)CC[C@@H](N)C(=O)O)C(=O)N[C@@H]2C(=O)N3C(OC(=O)O)=C(CSc4nnnn4CC(=O)O)CS[C@@H]23)ns1. The average Bonchev–Trinajstić information content (AvgIpc) is 3.59. The van der Waals surface area contributed by atoms with E-state index in [1.165, 1.54) is 11.8 Å². The molecule has 2 aliphatic heterocycles. The molecule has 21 nitrogen and oxygen atoms in total. The maximum absolute atomic E-state index is 13.3. The van der Waals surface area contributed by atoms with Crippen molar-refractivity contribution in [1.82, 2.24) is 45.1 Å². The highest BCUT2D eigenvalue weighted by Gasteiger charge is 2.54. The number of hydrogen-bond acceptors (Lipinski definition) is 17. The third-order valence-electron chi connectivity index (χ3n) is 5.92. The summed E-state index contributed by atoms with van der Waals surface area (Å²) in [6, 6.07) is -3.96. The molecule has 4 rings (SSSR count). The smallest absolute Gasteiger partial charge is 0.480 e. The molecule has 0 saturated carbocycles. The molecule has 44 heavy (non-hydrogen) atoms. The summed E-state index contributed by atoms with van der Waals surface area (Å²) in [6.07, 6.45) is -2.25. The predicted octanol–water partition coefficient (Wildman–Crippen LogP) is -2.36. The quantitative estimate of drug-likeness (QED) is 0.0626. The number of hydrogen-bond donors (Lipinski definition) is 7. The molecule has 0 spiro atoms. The number of nitrogen functional groups attached to an aromatic ring is 1. The number of thioether (sulfide) groups is 2. The molecule has 2 aromatic heterocycles. The standard InChI is InChI=1S/C20H23N11O10S3/c21-7(17(37)38)1-2-8(32)23-10(12-25-18(22)44-27-12)13(35)24-11-14(36)31-15(41-20(39)40)6(4-42-16(11)31)5-43-19-26-28-29-30(19)3-9(33)34/h7,10-11,16H,1-5,21H2,(H,23,32)(H,24,35)(H,33,34)(H,37,38)(H,39,40)(H2,22,25,27)/t7-,10+,11-,16+/m1/s1. The zero-order valence-electron chi connectivity index (χ0n) is 22.1. The van der Waals surface area contributed by atoms with Crippen LogP contribution in [0.1, 0.15) is 24.7 Å². The number of tetrazole rings is 1. The Morgan fingerprint density at radius 1 is 1.20 bits per heavy atom. The van der Waals surface area contributed by atoms with E-state index in [0.717, 1.165) is 32.9 Å². The predicted molar refractivity (Wildman–Crippen MR) is 147 cm³/mol. The lowest BCUT2D eigenvalue weighted by Crippen LogP contribution is -2.70. The molecule has 4 atom stereocenters. The second kappa shape index (κ2) is 13.8. The van der Waals surface area contributed by atoms with Gasteiger partial charge in [0.15, 0.2) is 17.0 Å². The number of nitrogens with zero attached hydrogens (tertiary/aromatic N) is 7. The molecule has 0 aliphatic carbocycles. The zero-order chi connectivity index (χ0) is 32.1. The lowest BCUT2D eigenvalue weighted by molar-refractivity contribution is -0.149. The number of fused-ring (bicyclic) bond motifs is 1. The monoisotopic (exact) mass is 673 g/mol. The first kappa shape index (κ1) is 32.4. The number of aliphatic carboxylic acids is 2. The molecule has 0 bridgehead atoms. The van der Waals surface area contributed by atoms with Crippen LogP contribution in [0.15, 0.2) is 16.6 Å². The van der Waals surface area contributed by atoms with Crippen molar-refractivity contribution in [2.45, 2.75) is 48.0 Å². The van der Waals surface area contributed by atoms with Crippen LogP contribution in [0.3, 0.4) is 0 Å². The van der Waals surface area contributed by atoms with E-state index in [0.29, 0.717) is 5.57 Å². The van der Waals surface area contributed by atoms with Gasteiger partial charge in [0.2, 0.25) is 16.9 Å². The minimum absolute atomic E-state index is 0.00308. The van der Waals surface area contributed by atoms with Crippen molar-refractivity contribution in [2.75, 3.05) is 17.2 Å². The number of nitrogens with one attached hydrogen (secondary N) is 2. The van der Waals surface area contributed by atoms with Crippen LogP contribution in [0.25, 0.3) is 0 Å². The van der Waals surface area contributed by atoms with Crippen LogP contribution in [-0.4, -0.2) is 115 Å².